The van der Waals surface area contributed by atoms with Crippen molar-refractivity contribution in [2.75, 3.05) is 19.6 Å². The highest BCUT2D eigenvalue weighted by molar-refractivity contribution is 5.80. The number of hydrogen-bond donors (Lipinski definition) is 2. The standard InChI is InChI=1S/C11H18N2O3/c14-10(9-1-2-9)12-7-8-3-5-13(6-4-8)11(15)16/h8-9H,1-7H2,(H,12,14)(H,15,16). The lowest BCUT2D eigenvalue weighted by atomic mass is 9.97. The van der Waals surface area contributed by atoms with E-state index in [0.717, 1.165) is 25.7 Å². The molecule has 5 nitrogen and oxygen atoms in total. The van der Waals surface area contributed by atoms with Gasteiger partial charge in [-0.15, -0.1) is 0 Å². The van der Waals surface area contributed by atoms with Crippen molar-refractivity contribution in [1.29, 1.82) is 0 Å². The minimum atomic E-state index is -0.833. The Bertz CT molecular complexity index is 281. The van der Waals surface area contributed by atoms with E-state index in [2.05, 4.69) is 5.32 Å². The summed E-state index contributed by atoms with van der Waals surface area (Å²) in [6.07, 6.45) is 2.95. The fourth-order valence-electron chi connectivity index (χ4n) is 2.06. The maximum absolute atomic E-state index is 11.4. The summed E-state index contributed by atoms with van der Waals surface area (Å²) in [5, 5.41) is 11.7. The Morgan fingerprint density at radius 2 is 1.81 bits per heavy atom. The summed E-state index contributed by atoms with van der Waals surface area (Å²) >= 11 is 0. The van der Waals surface area contributed by atoms with Crippen molar-refractivity contribution in [3.8, 4) is 0 Å². The van der Waals surface area contributed by atoms with Gasteiger partial charge in [0.2, 0.25) is 5.91 Å². The lowest BCUT2D eigenvalue weighted by molar-refractivity contribution is -0.122. The molecule has 0 aromatic carbocycles. The molecular weight excluding hydrogens is 208 g/mol. The van der Waals surface area contributed by atoms with E-state index in [0.29, 0.717) is 25.6 Å². The fraction of sp³-hybridized carbons (Fsp3) is 0.818. The average molecular weight is 226 g/mol. The van der Waals surface area contributed by atoms with Gasteiger partial charge < -0.3 is 15.3 Å². The highest BCUT2D eigenvalue weighted by Gasteiger charge is 2.30. The van der Waals surface area contributed by atoms with Crippen LogP contribution in [0.4, 0.5) is 4.79 Å². The van der Waals surface area contributed by atoms with Crippen molar-refractivity contribution in [1.82, 2.24) is 10.2 Å². The Labute approximate surface area is 94.8 Å². The zero-order valence-corrected chi connectivity index (χ0v) is 9.32. The number of carbonyl (C=O) groups is 2. The summed E-state index contributed by atoms with van der Waals surface area (Å²) in [7, 11) is 0. The molecule has 1 aliphatic carbocycles. The molecule has 2 N–H and O–H groups in total. The van der Waals surface area contributed by atoms with Crippen molar-refractivity contribution in [2.24, 2.45) is 11.8 Å². The highest BCUT2D eigenvalue weighted by Crippen LogP contribution is 2.29. The fourth-order valence-corrected chi connectivity index (χ4v) is 2.06. The lowest BCUT2D eigenvalue weighted by Gasteiger charge is -2.29. The predicted molar refractivity (Wildman–Crippen MR) is 58.1 cm³/mol. The van der Waals surface area contributed by atoms with E-state index in [1.165, 1.54) is 4.90 Å². The summed E-state index contributed by atoms with van der Waals surface area (Å²) in [5.41, 5.74) is 0. The van der Waals surface area contributed by atoms with Crippen LogP contribution < -0.4 is 5.32 Å². The van der Waals surface area contributed by atoms with Crippen LogP contribution in [0.3, 0.4) is 0 Å². The number of nitrogens with zero attached hydrogens (tertiary/aromatic N) is 1. The van der Waals surface area contributed by atoms with Crippen LogP contribution in [0, 0.1) is 11.8 Å². The number of rotatable bonds is 3. The molecule has 2 rings (SSSR count). The van der Waals surface area contributed by atoms with Crippen LogP contribution >= 0.6 is 0 Å². The molecule has 0 spiro atoms. The van der Waals surface area contributed by atoms with Crippen LogP contribution in [-0.2, 0) is 4.79 Å². The Kier molecular flexibility index (Phi) is 3.31. The normalized spacial score (nSPS) is 21.9. The molecule has 0 unspecified atom stereocenters. The van der Waals surface area contributed by atoms with Crippen molar-refractivity contribution in [3.63, 3.8) is 0 Å². The molecule has 1 saturated heterocycles. The van der Waals surface area contributed by atoms with E-state index < -0.39 is 6.09 Å². The molecule has 16 heavy (non-hydrogen) atoms. The van der Waals surface area contributed by atoms with Gasteiger partial charge in [-0.2, -0.15) is 0 Å². The van der Waals surface area contributed by atoms with E-state index in [9.17, 15) is 9.59 Å². The van der Waals surface area contributed by atoms with Crippen molar-refractivity contribution < 1.29 is 14.7 Å². The molecule has 0 atom stereocenters. The van der Waals surface area contributed by atoms with E-state index in [-0.39, 0.29) is 11.8 Å². The van der Waals surface area contributed by atoms with E-state index >= 15 is 0 Å². The molecule has 5 heteroatoms. The lowest BCUT2D eigenvalue weighted by Crippen LogP contribution is -2.41. The van der Waals surface area contributed by atoms with E-state index in [4.69, 9.17) is 5.11 Å². The van der Waals surface area contributed by atoms with Crippen LogP contribution in [0.25, 0.3) is 0 Å². The number of piperidine rings is 1. The van der Waals surface area contributed by atoms with Crippen molar-refractivity contribution in [2.45, 2.75) is 25.7 Å². The first-order valence-corrected chi connectivity index (χ1v) is 5.92. The average Bonchev–Trinajstić information content (AvgIpc) is 3.10. The van der Waals surface area contributed by atoms with E-state index in [1.54, 1.807) is 0 Å². The third kappa shape index (κ3) is 2.87. The van der Waals surface area contributed by atoms with Crippen LogP contribution in [0.1, 0.15) is 25.7 Å². The molecule has 1 aliphatic heterocycles. The quantitative estimate of drug-likeness (QED) is 0.751. The molecule has 2 amide bonds. The first-order chi connectivity index (χ1) is 7.66. The Balaban J connectivity index is 1.64. The number of carboxylic acid groups (broad SMARTS) is 1. The van der Waals surface area contributed by atoms with Crippen LogP contribution in [0.2, 0.25) is 0 Å². The van der Waals surface area contributed by atoms with Gasteiger partial charge in [-0.1, -0.05) is 0 Å². The molecule has 0 aromatic heterocycles. The van der Waals surface area contributed by atoms with Gasteiger partial charge in [0.1, 0.15) is 0 Å². The number of likely N-dealkylation sites (tertiary alicyclic amines) is 1. The minimum absolute atomic E-state index is 0.181. The summed E-state index contributed by atoms with van der Waals surface area (Å²) in [4.78, 5) is 23.5. The van der Waals surface area contributed by atoms with Gasteiger partial charge in [0, 0.05) is 25.6 Å². The molecule has 90 valence electrons. The van der Waals surface area contributed by atoms with Crippen LogP contribution in [-0.4, -0.2) is 41.6 Å². The maximum atomic E-state index is 11.4. The monoisotopic (exact) mass is 226 g/mol. The largest absolute Gasteiger partial charge is 0.465 e. The predicted octanol–water partition coefficient (Wildman–Crippen LogP) is 0.903. The van der Waals surface area contributed by atoms with Crippen molar-refractivity contribution >= 4 is 12.0 Å². The highest BCUT2D eigenvalue weighted by atomic mass is 16.4. The molecule has 1 heterocycles. The zero-order chi connectivity index (χ0) is 11.5. The van der Waals surface area contributed by atoms with Crippen LogP contribution in [0.5, 0.6) is 0 Å². The van der Waals surface area contributed by atoms with E-state index in [1.807, 2.05) is 0 Å². The van der Waals surface area contributed by atoms with Crippen molar-refractivity contribution in [3.05, 3.63) is 0 Å². The molecule has 2 fully saturated rings. The Morgan fingerprint density at radius 3 is 2.31 bits per heavy atom. The first-order valence-electron chi connectivity index (χ1n) is 5.92. The second kappa shape index (κ2) is 4.72. The second-order valence-electron chi connectivity index (χ2n) is 4.73. The third-order valence-electron chi connectivity index (χ3n) is 3.40. The number of nitrogens with one attached hydrogen (secondary N) is 1. The van der Waals surface area contributed by atoms with Gasteiger partial charge in [-0.25, -0.2) is 4.79 Å². The zero-order valence-electron chi connectivity index (χ0n) is 9.32. The molecule has 2 aliphatic rings. The molecule has 1 saturated carbocycles. The maximum Gasteiger partial charge on any atom is 0.407 e. The molecule has 0 radical (unpaired) electrons. The van der Waals surface area contributed by atoms with Gasteiger partial charge in [-0.05, 0) is 31.6 Å². The first kappa shape index (κ1) is 11.2. The van der Waals surface area contributed by atoms with Gasteiger partial charge in [0.25, 0.3) is 0 Å². The minimum Gasteiger partial charge on any atom is -0.465 e. The van der Waals surface area contributed by atoms with Gasteiger partial charge in [-0.3, -0.25) is 4.79 Å². The topological polar surface area (TPSA) is 69.6 Å². The summed E-state index contributed by atoms with van der Waals surface area (Å²) in [5.74, 6) is 0.887. The number of carbonyl (C=O) groups excluding carboxylic acids is 1. The number of hydrogen-bond acceptors (Lipinski definition) is 2. The summed E-state index contributed by atoms with van der Waals surface area (Å²) in [6, 6.07) is 0. The van der Waals surface area contributed by atoms with Gasteiger partial charge in [0.05, 0.1) is 0 Å². The third-order valence-corrected chi connectivity index (χ3v) is 3.40. The summed E-state index contributed by atoms with van der Waals surface area (Å²) in [6.45, 7) is 1.90. The van der Waals surface area contributed by atoms with Gasteiger partial charge >= 0.3 is 6.09 Å². The molecule has 0 aromatic rings. The smallest absolute Gasteiger partial charge is 0.407 e. The van der Waals surface area contributed by atoms with Crippen LogP contribution in [0.15, 0.2) is 0 Å². The molecule has 0 bridgehead atoms. The van der Waals surface area contributed by atoms with Gasteiger partial charge in [0.15, 0.2) is 0 Å². The molecular formula is C11H18N2O3. The Morgan fingerprint density at radius 1 is 1.19 bits per heavy atom. The second-order valence-corrected chi connectivity index (χ2v) is 4.73. The summed E-state index contributed by atoms with van der Waals surface area (Å²) < 4.78 is 0. The Hall–Kier alpha value is -1.26. The number of amides is 2. The SMILES string of the molecule is O=C(NCC1CCN(C(=O)O)CC1)C1CC1.